The molecule has 0 amide bonds. The Kier molecular flexibility index (Phi) is 2.76. The first-order chi connectivity index (χ1) is 7.55. The number of nitrogen functional groups attached to an aromatic ring is 1. The van der Waals surface area contributed by atoms with Gasteiger partial charge in [0, 0.05) is 24.8 Å². The van der Waals surface area contributed by atoms with Crippen LogP contribution >= 0.6 is 0 Å². The van der Waals surface area contributed by atoms with Crippen LogP contribution in [0.1, 0.15) is 20.3 Å². The molecule has 1 aliphatic rings. The number of nitrogens with zero attached hydrogens (tertiary/aromatic N) is 1. The van der Waals surface area contributed by atoms with Gasteiger partial charge in [0.1, 0.15) is 5.82 Å². The van der Waals surface area contributed by atoms with Gasteiger partial charge in [-0.15, -0.1) is 0 Å². The van der Waals surface area contributed by atoms with Crippen molar-refractivity contribution in [3.63, 3.8) is 0 Å². The maximum absolute atomic E-state index is 5.85. The SMILES string of the molecule is COC1CC(Nc2ncccc2N)C1(C)C. The Morgan fingerprint density at radius 3 is 2.88 bits per heavy atom. The Hall–Kier alpha value is -1.29. The summed E-state index contributed by atoms with van der Waals surface area (Å²) in [4.78, 5) is 4.24. The van der Waals surface area contributed by atoms with E-state index in [1.54, 1.807) is 13.3 Å². The van der Waals surface area contributed by atoms with Crippen LogP contribution < -0.4 is 11.1 Å². The second kappa shape index (κ2) is 3.94. The smallest absolute Gasteiger partial charge is 0.149 e. The highest BCUT2D eigenvalue weighted by atomic mass is 16.5. The van der Waals surface area contributed by atoms with E-state index in [2.05, 4.69) is 24.1 Å². The van der Waals surface area contributed by atoms with Crippen molar-refractivity contribution in [3.05, 3.63) is 18.3 Å². The van der Waals surface area contributed by atoms with Crippen molar-refractivity contribution in [3.8, 4) is 0 Å². The lowest BCUT2D eigenvalue weighted by molar-refractivity contribution is -0.0795. The molecular weight excluding hydrogens is 202 g/mol. The molecule has 0 radical (unpaired) electrons. The van der Waals surface area contributed by atoms with Gasteiger partial charge in [-0.25, -0.2) is 4.98 Å². The number of hydrogen-bond donors (Lipinski definition) is 2. The number of hydrogen-bond acceptors (Lipinski definition) is 4. The van der Waals surface area contributed by atoms with Crippen molar-refractivity contribution in [2.45, 2.75) is 32.4 Å². The maximum Gasteiger partial charge on any atom is 0.149 e. The predicted octanol–water partition coefficient (Wildman–Crippen LogP) is 1.89. The molecule has 88 valence electrons. The Bertz CT molecular complexity index is 378. The van der Waals surface area contributed by atoms with Gasteiger partial charge < -0.3 is 15.8 Å². The topological polar surface area (TPSA) is 60.2 Å². The zero-order valence-corrected chi connectivity index (χ0v) is 10.0. The number of rotatable bonds is 3. The van der Waals surface area contributed by atoms with Gasteiger partial charge in [-0.2, -0.15) is 0 Å². The summed E-state index contributed by atoms with van der Waals surface area (Å²) in [6.45, 7) is 4.39. The summed E-state index contributed by atoms with van der Waals surface area (Å²) in [5.74, 6) is 0.773. The minimum absolute atomic E-state index is 0.124. The van der Waals surface area contributed by atoms with Crippen molar-refractivity contribution in [1.82, 2.24) is 4.98 Å². The van der Waals surface area contributed by atoms with Crippen molar-refractivity contribution in [2.24, 2.45) is 5.41 Å². The fourth-order valence-corrected chi connectivity index (χ4v) is 2.23. The van der Waals surface area contributed by atoms with Crippen LogP contribution in [0.15, 0.2) is 18.3 Å². The molecule has 1 aromatic rings. The standard InChI is InChI=1S/C12H19N3O/c1-12(2)9(7-10(12)16-3)15-11-8(13)5-4-6-14-11/h4-6,9-10H,7,13H2,1-3H3,(H,14,15). The Morgan fingerprint density at radius 2 is 2.31 bits per heavy atom. The van der Waals surface area contributed by atoms with Gasteiger partial charge in [0.15, 0.2) is 0 Å². The average molecular weight is 221 g/mol. The molecule has 1 fully saturated rings. The van der Waals surface area contributed by atoms with Gasteiger partial charge in [-0.05, 0) is 18.6 Å². The van der Waals surface area contributed by atoms with Gasteiger partial charge in [-0.1, -0.05) is 13.8 Å². The van der Waals surface area contributed by atoms with Crippen molar-refractivity contribution in [2.75, 3.05) is 18.2 Å². The molecule has 2 rings (SSSR count). The van der Waals surface area contributed by atoms with E-state index in [0.717, 1.165) is 12.2 Å². The molecule has 1 heterocycles. The van der Waals surface area contributed by atoms with Crippen molar-refractivity contribution < 1.29 is 4.74 Å². The van der Waals surface area contributed by atoms with Gasteiger partial charge in [0.2, 0.25) is 0 Å². The van der Waals surface area contributed by atoms with Gasteiger partial charge in [-0.3, -0.25) is 0 Å². The van der Waals surface area contributed by atoms with Crippen LogP contribution in [-0.2, 0) is 4.74 Å². The Balaban J connectivity index is 2.05. The third kappa shape index (κ3) is 1.73. The molecule has 3 N–H and O–H groups in total. The normalized spacial score (nSPS) is 27.2. The Labute approximate surface area is 96.2 Å². The Morgan fingerprint density at radius 1 is 1.56 bits per heavy atom. The molecule has 0 saturated heterocycles. The van der Waals surface area contributed by atoms with E-state index < -0.39 is 0 Å². The first kappa shape index (κ1) is 11.2. The van der Waals surface area contributed by atoms with Crippen molar-refractivity contribution in [1.29, 1.82) is 0 Å². The molecule has 0 bridgehead atoms. The quantitative estimate of drug-likeness (QED) is 0.818. The van der Waals surface area contributed by atoms with Crippen LogP contribution in [-0.4, -0.2) is 24.2 Å². The third-order valence-electron chi connectivity index (χ3n) is 3.61. The summed E-state index contributed by atoms with van der Waals surface area (Å²) in [5, 5.41) is 3.39. The number of methoxy groups -OCH3 is 1. The zero-order chi connectivity index (χ0) is 11.8. The maximum atomic E-state index is 5.85. The summed E-state index contributed by atoms with van der Waals surface area (Å²) in [7, 11) is 1.76. The van der Waals surface area contributed by atoms with Crippen LogP contribution in [0.4, 0.5) is 11.5 Å². The van der Waals surface area contributed by atoms with Gasteiger partial charge in [0.05, 0.1) is 11.8 Å². The zero-order valence-electron chi connectivity index (χ0n) is 10.0. The lowest BCUT2D eigenvalue weighted by Crippen LogP contribution is -2.57. The molecule has 4 nitrogen and oxygen atoms in total. The van der Waals surface area contributed by atoms with Crippen LogP contribution in [0.2, 0.25) is 0 Å². The van der Waals surface area contributed by atoms with E-state index >= 15 is 0 Å². The molecule has 1 saturated carbocycles. The average Bonchev–Trinajstić information content (AvgIpc) is 2.26. The summed E-state index contributed by atoms with van der Waals surface area (Å²) in [6, 6.07) is 4.06. The fraction of sp³-hybridized carbons (Fsp3) is 0.583. The van der Waals surface area contributed by atoms with Crippen LogP contribution in [0.3, 0.4) is 0 Å². The second-order valence-corrected chi connectivity index (χ2v) is 4.92. The summed E-state index contributed by atoms with van der Waals surface area (Å²) < 4.78 is 5.41. The third-order valence-corrected chi connectivity index (χ3v) is 3.61. The first-order valence-electron chi connectivity index (χ1n) is 5.55. The molecule has 2 atom stereocenters. The fourth-order valence-electron chi connectivity index (χ4n) is 2.23. The number of ether oxygens (including phenoxy) is 1. The molecule has 0 aromatic carbocycles. The second-order valence-electron chi connectivity index (χ2n) is 4.92. The highest BCUT2D eigenvalue weighted by Gasteiger charge is 2.48. The molecule has 1 aliphatic carbocycles. The number of aromatic nitrogens is 1. The highest BCUT2D eigenvalue weighted by molar-refractivity contribution is 5.61. The molecule has 0 aliphatic heterocycles. The lowest BCUT2D eigenvalue weighted by Gasteiger charge is -2.51. The number of nitrogens with one attached hydrogen (secondary N) is 1. The molecule has 1 aromatic heterocycles. The van der Waals surface area contributed by atoms with Crippen molar-refractivity contribution >= 4 is 11.5 Å². The van der Waals surface area contributed by atoms with Crippen LogP contribution in [0.5, 0.6) is 0 Å². The van der Waals surface area contributed by atoms with Crippen LogP contribution in [0.25, 0.3) is 0 Å². The first-order valence-corrected chi connectivity index (χ1v) is 5.55. The highest BCUT2D eigenvalue weighted by Crippen LogP contribution is 2.44. The van der Waals surface area contributed by atoms with E-state index in [4.69, 9.17) is 10.5 Å². The summed E-state index contributed by atoms with van der Waals surface area (Å²) in [6.07, 6.45) is 3.06. The van der Waals surface area contributed by atoms with E-state index in [-0.39, 0.29) is 5.41 Å². The lowest BCUT2D eigenvalue weighted by atomic mass is 9.64. The van der Waals surface area contributed by atoms with E-state index in [9.17, 15) is 0 Å². The molecule has 16 heavy (non-hydrogen) atoms. The predicted molar refractivity (Wildman–Crippen MR) is 65.3 cm³/mol. The minimum Gasteiger partial charge on any atom is -0.396 e. The minimum atomic E-state index is 0.124. The number of anilines is 2. The molecule has 2 unspecified atom stereocenters. The van der Waals surface area contributed by atoms with Gasteiger partial charge >= 0.3 is 0 Å². The summed E-state index contributed by atoms with van der Waals surface area (Å²) in [5.41, 5.74) is 6.66. The van der Waals surface area contributed by atoms with Crippen LogP contribution in [0, 0.1) is 5.41 Å². The molecule has 0 spiro atoms. The van der Waals surface area contributed by atoms with E-state index in [1.807, 2.05) is 12.1 Å². The van der Waals surface area contributed by atoms with Gasteiger partial charge in [0.25, 0.3) is 0 Å². The molecular formula is C12H19N3O. The van der Waals surface area contributed by atoms with E-state index in [1.165, 1.54) is 0 Å². The molecule has 4 heteroatoms. The summed E-state index contributed by atoms with van der Waals surface area (Å²) >= 11 is 0. The monoisotopic (exact) mass is 221 g/mol. The van der Waals surface area contributed by atoms with E-state index in [0.29, 0.717) is 17.8 Å². The number of nitrogens with two attached hydrogens (primary N) is 1. The number of pyridine rings is 1. The largest absolute Gasteiger partial charge is 0.396 e.